The monoisotopic (exact) mass is 1320 g/mol. The first-order valence-electron chi connectivity index (χ1n) is 36.7. The lowest BCUT2D eigenvalue weighted by atomic mass is 9.33. The molecule has 12 aromatic carbocycles. The number of aromatic nitrogens is 2. The van der Waals surface area contributed by atoms with E-state index in [1.54, 1.807) is 0 Å². The van der Waals surface area contributed by atoms with Crippen LogP contribution < -0.4 is 26.2 Å². The van der Waals surface area contributed by atoms with Crippen molar-refractivity contribution in [3.63, 3.8) is 0 Å². The average Bonchev–Trinajstić information content (AvgIpc) is 0.687. The summed E-state index contributed by atoms with van der Waals surface area (Å²) in [4.78, 5) is 17.2. The summed E-state index contributed by atoms with van der Waals surface area (Å²) in [6, 6.07) is 84.9. The van der Waals surface area contributed by atoms with Gasteiger partial charge in [0.1, 0.15) is 0 Å². The molecule has 1 aromatic heterocycles. The molecule has 0 spiro atoms. The first kappa shape index (κ1) is 67.3. The summed E-state index contributed by atoms with van der Waals surface area (Å²) < 4.78 is 0. The SMILES string of the molecule is CC(C)(C)c1cc(-c2ccccc2)cc(-c2nc(-c3cc(C(C)(C)C)cc(C(C)(C)C)c3)cc(-c3cc4c5c(c3)N(c3cc(C(C)(C)C)cc(C(C)(C)C)c3)c3cc6c(ccc7ccccc76)cc3B5c3cc5ccc6ccccc6c5cc3N4c3cc(C(C)(C)C)cc(C(C)(C)C)c3)n2)c1. The van der Waals surface area contributed by atoms with E-state index in [9.17, 15) is 0 Å². The van der Waals surface area contributed by atoms with Crippen LogP contribution >= 0.6 is 0 Å². The fourth-order valence-electron chi connectivity index (χ4n) is 15.4. The molecule has 15 rings (SSSR count). The quantitative estimate of drug-likeness (QED) is 0.123. The summed E-state index contributed by atoms with van der Waals surface area (Å²) in [6.45, 7) is 49.2. The van der Waals surface area contributed by atoms with Crippen LogP contribution in [0.5, 0.6) is 0 Å². The van der Waals surface area contributed by atoms with Crippen LogP contribution in [0.4, 0.5) is 34.1 Å². The highest BCUT2D eigenvalue weighted by Crippen LogP contribution is 2.51. The van der Waals surface area contributed by atoms with E-state index in [0.717, 1.165) is 62.0 Å². The number of hydrogen-bond donors (Lipinski definition) is 0. The van der Waals surface area contributed by atoms with E-state index in [2.05, 4.69) is 374 Å². The molecule has 0 atom stereocenters. The van der Waals surface area contributed by atoms with Crippen molar-refractivity contribution in [2.24, 2.45) is 0 Å². The average molecular weight is 1320 g/mol. The Kier molecular flexibility index (Phi) is 15.6. The second kappa shape index (κ2) is 23.5. The highest BCUT2D eigenvalue weighted by Gasteiger charge is 2.45. The van der Waals surface area contributed by atoms with Crippen molar-refractivity contribution in [1.82, 2.24) is 9.97 Å². The van der Waals surface area contributed by atoms with Crippen LogP contribution in [0.2, 0.25) is 0 Å². The molecular formula is C96H99BN4. The summed E-state index contributed by atoms with van der Waals surface area (Å²) >= 11 is 0. The zero-order valence-electron chi connectivity index (χ0n) is 63.7. The van der Waals surface area contributed by atoms with E-state index in [1.807, 2.05) is 0 Å². The standard InChI is InChI=1S/C96H99BN4/c1-90(2,3)67-40-63(58-29-23-22-24-30-58)39-66(43-67)89-98-82(64-41-68(91(4,5)6)48-69(42-64)92(7,8)9)57-83(99-89)65-46-86-88-87(47-65)101(75-53-72(95(16,17)18)50-73(54-75)96(19,20)21)85-56-79-62(38-36-60-32-26-28-34-77(60)79)45-81(85)97(88)80-44-61-37-35-59-31-25-27-33-76(59)78(61)55-84(80)100(86)74-51-70(93(10,11)12)49-71(52-74)94(13,14)15/h22-57H,1-21H3. The van der Waals surface area contributed by atoms with Crippen molar-refractivity contribution >= 4 is 100 Å². The molecule has 4 nitrogen and oxygen atoms in total. The predicted molar refractivity (Wildman–Crippen MR) is 439 cm³/mol. The molecule has 0 aliphatic carbocycles. The van der Waals surface area contributed by atoms with E-state index in [4.69, 9.17) is 9.97 Å². The lowest BCUT2D eigenvalue weighted by Crippen LogP contribution is -2.61. The van der Waals surface area contributed by atoms with E-state index in [-0.39, 0.29) is 44.6 Å². The minimum absolute atomic E-state index is 0.138. The molecular weight excluding hydrogens is 1220 g/mol. The van der Waals surface area contributed by atoms with E-state index >= 15 is 0 Å². The van der Waals surface area contributed by atoms with Gasteiger partial charge in [0, 0.05) is 50.8 Å². The summed E-state index contributed by atoms with van der Waals surface area (Å²) in [5.74, 6) is 0.685. The third kappa shape index (κ3) is 12.2. The number of hydrogen-bond acceptors (Lipinski definition) is 4. The summed E-state index contributed by atoms with van der Waals surface area (Å²) in [7, 11) is 0. The summed E-state index contributed by atoms with van der Waals surface area (Å²) in [5, 5.41) is 9.85. The smallest absolute Gasteiger partial charge is 0.252 e. The third-order valence-electron chi connectivity index (χ3n) is 21.8. The van der Waals surface area contributed by atoms with Crippen LogP contribution in [0.25, 0.3) is 88.1 Å². The number of anilines is 6. The van der Waals surface area contributed by atoms with Gasteiger partial charge in [0.2, 0.25) is 0 Å². The number of rotatable bonds is 6. The van der Waals surface area contributed by atoms with Crippen LogP contribution in [0.3, 0.4) is 0 Å². The summed E-state index contributed by atoms with van der Waals surface area (Å²) in [6.07, 6.45) is 0. The minimum Gasteiger partial charge on any atom is -0.311 e. The molecule has 0 amide bonds. The Morgan fingerprint density at radius 3 is 0.990 bits per heavy atom. The Labute approximate surface area is 602 Å². The van der Waals surface area contributed by atoms with Gasteiger partial charge in [0.05, 0.1) is 11.4 Å². The molecule has 0 fully saturated rings. The van der Waals surface area contributed by atoms with Crippen LogP contribution in [-0.4, -0.2) is 16.7 Å². The number of nitrogens with zero attached hydrogens (tertiary/aromatic N) is 4. The molecule has 13 aromatic rings. The van der Waals surface area contributed by atoms with Crippen LogP contribution in [0.15, 0.2) is 218 Å². The van der Waals surface area contributed by atoms with Crippen molar-refractivity contribution in [3.8, 4) is 45.0 Å². The Morgan fingerprint density at radius 1 is 0.248 bits per heavy atom. The van der Waals surface area contributed by atoms with Gasteiger partial charge in [-0.05, 0) is 226 Å². The maximum absolute atomic E-state index is 6.03. The maximum Gasteiger partial charge on any atom is 0.252 e. The van der Waals surface area contributed by atoms with Crippen molar-refractivity contribution in [2.75, 3.05) is 9.80 Å². The second-order valence-corrected chi connectivity index (χ2v) is 36.6. The first-order valence-corrected chi connectivity index (χ1v) is 36.7. The van der Waals surface area contributed by atoms with Crippen molar-refractivity contribution < 1.29 is 0 Å². The normalized spacial score (nSPS) is 13.7. The first-order chi connectivity index (χ1) is 47.4. The molecule has 2 aliphatic rings. The molecule has 0 radical (unpaired) electrons. The third-order valence-corrected chi connectivity index (χ3v) is 21.8. The van der Waals surface area contributed by atoms with Gasteiger partial charge >= 0.3 is 0 Å². The van der Waals surface area contributed by atoms with E-state index in [0.29, 0.717) is 5.82 Å². The van der Waals surface area contributed by atoms with Gasteiger partial charge in [0.25, 0.3) is 6.71 Å². The molecule has 3 heterocycles. The highest BCUT2D eigenvalue weighted by molar-refractivity contribution is 7.00. The van der Waals surface area contributed by atoms with Gasteiger partial charge in [-0.15, -0.1) is 0 Å². The van der Waals surface area contributed by atoms with Crippen LogP contribution in [-0.2, 0) is 37.9 Å². The second-order valence-electron chi connectivity index (χ2n) is 36.6. The molecule has 0 bridgehead atoms. The molecule has 0 saturated carbocycles. The van der Waals surface area contributed by atoms with Crippen LogP contribution in [0.1, 0.15) is 184 Å². The van der Waals surface area contributed by atoms with Gasteiger partial charge in [-0.2, -0.15) is 0 Å². The maximum atomic E-state index is 6.03. The van der Waals surface area contributed by atoms with Gasteiger partial charge in [-0.25, -0.2) is 9.97 Å². The molecule has 0 unspecified atom stereocenters. The molecule has 0 saturated heterocycles. The Hall–Kier alpha value is -9.58. The van der Waals surface area contributed by atoms with Crippen molar-refractivity contribution in [3.05, 3.63) is 257 Å². The summed E-state index contributed by atoms with van der Waals surface area (Å²) in [5.41, 5.74) is 25.6. The largest absolute Gasteiger partial charge is 0.311 e. The lowest BCUT2D eigenvalue weighted by molar-refractivity contribution is 0.568. The predicted octanol–water partition coefficient (Wildman–Crippen LogP) is 24.9. The highest BCUT2D eigenvalue weighted by atomic mass is 15.2. The minimum atomic E-state index is -0.192. The number of fused-ring (bicyclic) bond motifs is 10. The fraction of sp³-hybridized carbons (Fsp3) is 0.292. The van der Waals surface area contributed by atoms with Gasteiger partial charge in [-0.1, -0.05) is 285 Å². The van der Waals surface area contributed by atoms with E-state index < -0.39 is 0 Å². The molecule has 0 N–H and O–H groups in total. The Morgan fingerprint density at radius 2 is 0.584 bits per heavy atom. The topological polar surface area (TPSA) is 32.3 Å². The Balaban J connectivity index is 1.14. The van der Waals surface area contributed by atoms with Crippen molar-refractivity contribution in [1.29, 1.82) is 0 Å². The molecule has 5 heteroatoms. The zero-order chi connectivity index (χ0) is 71.6. The Bertz CT molecular complexity index is 5200. The molecule has 506 valence electrons. The van der Waals surface area contributed by atoms with Gasteiger partial charge in [-0.3, -0.25) is 0 Å². The molecule has 101 heavy (non-hydrogen) atoms. The van der Waals surface area contributed by atoms with Crippen molar-refractivity contribution in [2.45, 2.75) is 183 Å². The van der Waals surface area contributed by atoms with Gasteiger partial charge < -0.3 is 9.80 Å². The zero-order valence-corrected chi connectivity index (χ0v) is 63.7. The number of benzene rings is 12. The lowest BCUT2D eigenvalue weighted by Gasteiger charge is -2.45. The van der Waals surface area contributed by atoms with E-state index in [1.165, 1.54) is 110 Å². The molecule has 2 aliphatic heterocycles. The van der Waals surface area contributed by atoms with Crippen LogP contribution in [0, 0.1) is 0 Å². The van der Waals surface area contributed by atoms with Gasteiger partial charge in [0.15, 0.2) is 5.82 Å². The fourth-order valence-corrected chi connectivity index (χ4v) is 15.4.